The molecule has 5 heteroatoms. The zero-order valence-corrected chi connectivity index (χ0v) is 21.7. The second-order valence-electron chi connectivity index (χ2n) is 9.83. The SMILES string of the molecule is O=C(NCc1ccccc1)N(Cc1cccc(Oc2ccccc2)c1)C1CCN(Cc2ccccc2)CC1. The summed E-state index contributed by atoms with van der Waals surface area (Å²) >= 11 is 0. The number of carbonyl (C=O) groups excluding carboxylic acids is 1. The van der Waals surface area contributed by atoms with Crippen LogP contribution in [0.1, 0.15) is 29.5 Å². The fraction of sp³-hybridized carbons (Fsp3) is 0.242. The summed E-state index contributed by atoms with van der Waals surface area (Å²) < 4.78 is 6.06. The Labute approximate surface area is 225 Å². The van der Waals surface area contributed by atoms with Crippen molar-refractivity contribution in [3.05, 3.63) is 132 Å². The van der Waals surface area contributed by atoms with Crippen molar-refractivity contribution in [1.29, 1.82) is 0 Å². The van der Waals surface area contributed by atoms with Crippen LogP contribution in [0, 0.1) is 0 Å². The van der Waals surface area contributed by atoms with Crippen molar-refractivity contribution >= 4 is 6.03 Å². The zero-order valence-electron chi connectivity index (χ0n) is 21.7. The van der Waals surface area contributed by atoms with E-state index in [1.54, 1.807) is 0 Å². The second-order valence-corrected chi connectivity index (χ2v) is 9.83. The van der Waals surface area contributed by atoms with E-state index >= 15 is 0 Å². The monoisotopic (exact) mass is 505 g/mol. The Hall–Kier alpha value is -4.09. The van der Waals surface area contributed by atoms with Gasteiger partial charge in [-0.25, -0.2) is 4.79 Å². The van der Waals surface area contributed by atoms with Crippen LogP contribution in [0.4, 0.5) is 4.79 Å². The lowest BCUT2D eigenvalue weighted by Gasteiger charge is -2.38. The van der Waals surface area contributed by atoms with Crippen molar-refractivity contribution in [2.24, 2.45) is 0 Å². The number of ether oxygens (including phenoxy) is 1. The summed E-state index contributed by atoms with van der Waals surface area (Å²) in [6.45, 7) is 3.95. The third kappa shape index (κ3) is 7.24. The predicted octanol–water partition coefficient (Wildman–Crippen LogP) is 6.86. The van der Waals surface area contributed by atoms with Gasteiger partial charge in [-0.05, 0) is 53.8 Å². The van der Waals surface area contributed by atoms with Crippen LogP contribution in [0.3, 0.4) is 0 Å². The molecule has 38 heavy (non-hydrogen) atoms. The minimum absolute atomic E-state index is 0.0234. The van der Waals surface area contributed by atoms with Crippen molar-refractivity contribution in [1.82, 2.24) is 15.1 Å². The Bertz CT molecular complexity index is 1270. The maximum absolute atomic E-state index is 13.5. The molecule has 0 bridgehead atoms. The summed E-state index contributed by atoms with van der Waals surface area (Å²) in [6.07, 6.45) is 1.90. The van der Waals surface area contributed by atoms with Crippen LogP contribution in [-0.2, 0) is 19.6 Å². The molecule has 4 aromatic carbocycles. The number of carbonyl (C=O) groups is 1. The highest BCUT2D eigenvalue weighted by molar-refractivity contribution is 5.74. The largest absolute Gasteiger partial charge is 0.457 e. The molecule has 0 aromatic heterocycles. The van der Waals surface area contributed by atoms with Crippen LogP contribution in [0.15, 0.2) is 115 Å². The predicted molar refractivity (Wildman–Crippen MR) is 152 cm³/mol. The molecule has 0 unspecified atom stereocenters. The first kappa shape index (κ1) is 25.6. The first-order chi connectivity index (χ1) is 18.7. The summed E-state index contributed by atoms with van der Waals surface area (Å²) in [4.78, 5) is 18.0. The lowest BCUT2D eigenvalue weighted by molar-refractivity contribution is 0.113. The van der Waals surface area contributed by atoms with Crippen LogP contribution in [0.5, 0.6) is 11.5 Å². The van der Waals surface area contributed by atoms with Gasteiger partial charge < -0.3 is 15.0 Å². The molecular formula is C33H35N3O2. The molecule has 1 N–H and O–H groups in total. The Kier molecular flexibility index (Phi) is 8.69. The van der Waals surface area contributed by atoms with E-state index in [1.807, 2.05) is 83.8 Å². The van der Waals surface area contributed by atoms with Crippen molar-refractivity contribution in [3.8, 4) is 11.5 Å². The van der Waals surface area contributed by atoms with E-state index in [2.05, 4.69) is 46.6 Å². The summed E-state index contributed by atoms with van der Waals surface area (Å²) in [5, 5.41) is 3.16. The van der Waals surface area contributed by atoms with Crippen LogP contribution in [0.25, 0.3) is 0 Å². The lowest BCUT2D eigenvalue weighted by atomic mass is 10.0. The maximum atomic E-state index is 13.5. The average Bonchev–Trinajstić information content (AvgIpc) is 2.97. The van der Waals surface area contributed by atoms with E-state index in [4.69, 9.17) is 4.74 Å². The van der Waals surface area contributed by atoms with Crippen molar-refractivity contribution in [2.75, 3.05) is 13.1 Å². The van der Waals surface area contributed by atoms with Crippen molar-refractivity contribution < 1.29 is 9.53 Å². The molecular weight excluding hydrogens is 470 g/mol. The fourth-order valence-electron chi connectivity index (χ4n) is 5.00. The number of hydrogen-bond donors (Lipinski definition) is 1. The van der Waals surface area contributed by atoms with Gasteiger partial charge in [-0.15, -0.1) is 0 Å². The van der Waals surface area contributed by atoms with E-state index in [9.17, 15) is 4.79 Å². The van der Waals surface area contributed by atoms with Gasteiger partial charge in [0.15, 0.2) is 0 Å². The van der Waals surface area contributed by atoms with Gasteiger partial charge in [0.2, 0.25) is 0 Å². The van der Waals surface area contributed by atoms with E-state index in [1.165, 1.54) is 5.56 Å². The third-order valence-corrected chi connectivity index (χ3v) is 7.02. The Morgan fingerprint density at radius 2 is 1.32 bits per heavy atom. The normalized spacial score (nSPS) is 14.1. The minimum Gasteiger partial charge on any atom is -0.457 e. The van der Waals surface area contributed by atoms with E-state index < -0.39 is 0 Å². The standard InChI is InChI=1S/C33H35N3O2/c37-33(34-24-27-11-4-1-5-12-27)36(30-19-21-35(22-20-30)25-28-13-6-2-7-14-28)26-29-15-10-18-32(23-29)38-31-16-8-3-9-17-31/h1-18,23,30H,19-22,24-26H2,(H,34,37). The topological polar surface area (TPSA) is 44.8 Å². The van der Waals surface area contributed by atoms with Gasteiger partial charge in [-0.3, -0.25) is 4.90 Å². The number of para-hydroxylation sites is 1. The highest BCUT2D eigenvalue weighted by Gasteiger charge is 2.28. The number of nitrogens with zero attached hydrogens (tertiary/aromatic N) is 2. The molecule has 0 atom stereocenters. The molecule has 0 spiro atoms. The average molecular weight is 506 g/mol. The summed E-state index contributed by atoms with van der Waals surface area (Å²) in [5.41, 5.74) is 3.48. The number of amides is 2. The van der Waals surface area contributed by atoms with Crippen molar-refractivity contribution in [2.45, 2.75) is 38.5 Å². The summed E-state index contributed by atoms with van der Waals surface area (Å²) in [6, 6.07) is 38.7. The minimum atomic E-state index is -0.0234. The molecule has 2 amide bonds. The first-order valence-electron chi connectivity index (χ1n) is 13.4. The molecule has 1 saturated heterocycles. The Morgan fingerprint density at radius 3 is 2.00 bits per heavy atom. The highest BCUT2D eigenvalue weighted by atomic mass is 16.5. The zero-order chi connectivity index (χ0) is 26.0. The highest BCUT2D eigenvalue weighted by Crippen LogP contribution is 2.25. The molecule has 1 heterocycles. The van der Waals surface area contributed by atoms with Crippen LogP contribution < -0.4 is 10.1 Å². The van der Waals surface area contributed by atoms with Gasteiger partial charge in [0.25, 0.3) is 0 Å². The number of rotatable bonds is 9. The molecule has 5 rings (SSSR count). The first-order valence-corrected chi connectivity index (χ1v) is 13.4. The second kappa shape index (κ2) is 12.9. The van der Waals surface area contributed by atoms with Crippen LogP contribution in [0.2, 0.25) is 0 Å². The molecule has 194 valence electrons. The smallest absolute Gasteiger partial charge is 0.318 e. The lowest BCUT2D eigenvalue weighted by Crippen LogP contribution is -2.50. The number of hydrogen-bond acceptors (Lipinski definition) is 3. The molecule has 1 fully saturated rings. The van der Waals surface area contributed by atoms with Gasteiger partial charge in [-0.1, -0.05) is 91.0 Å². The molecule has 0 saturated carbocycles. The van der Waals surface area contributed by atoms with Crippen LogP contribution >= 0.6 is 0 Å². The number of piperidine rings is 1. The third-order valence-electron chi connectivity index (χ3n) is 7.02. The van der Waals surface area contributed by atoms with E-state index in [0.29, 0.717) is 13.1 Å². The van der Waals surface area contributed by atoms with E-state index in [-0.39, 0.29) is 12.1 Å². The van der Waals surface area contributed by atoms with Gasteiger partial charge in [-0.2, -0.15) is 0 Å². The van der Waals surface area contributed by atoms with Crippen molar-refractivity contribution in [3.63, 3.8) is 0 Å². The number of nitrogens with one attached hydrogen (secondary N) is 1. The molecule has 0 radical (unpaired) electrons. The molecule has 1 aliphatic heterocycles. The number of likely N-dealkylation sites (tertiary alicyclic amines) is 1. The number of urea groups is 1. The summed E-state index contributed by atoms with van der Waals surface area (Å²) in [5.74, 6) is 1.57. The Morgan fingerprint density at radius 1 is 0.737 bits per heavy atom. The number of benzene rings is 4. The van der Waals surface area contributed by atoms with Gasteiger partial charge in [0.1, 0.15) is 11.5 Å². The molecule has 4 aromatic rings. The maximum Gasteiger partial charge on any atom is 0.318 e. The molecule has 1 aliphatic rings. The van der Waals surface area contributed by atoms with Gasteiger partial charge in [0.05, 0.1) is 0 Å². The fourth-order valence-corrected chi connectivity index (χ4v) is 5.00. The summed E-state index contributed by atoms with van der Waals surface area (Å²) in [7, 11) is 0. The van der Waals surface area contributed by atoms with Gasteiger partial charge >= 0.3 is 6.03 Å². The van der Waals surface area contributed by atoms with Gasteiger partial charge in [0, 0.05) is 38.8 Å². The molecule has 5 nitrogen and oxygen atoms in total. The quantitative estimate of drug-likeness (QED) is 0.270. The van der Waals surface area contributed by atoms with Crippen LogP contribution in [-0.4, -0.2) is 35.0 Å². The molecule has 0 aliphatic carbocycles. The Balaban J connectivity index is 1.27. The van der Waals surface area contributed by atoms with E-state index in [0.717, 1.165) is 55.1 Å².